The molecule has 25 heavy (non-hydrogen) atoms. The van der Waals surface area contributed by atoms with Crippen LogP contribution < -0.4 is 15.6 Å². The molecule has 0 aliphatic carbocycles. The van der Waals surface area contributed by atoms with Gasteiger partial charge in [0, 0.05) is 18.2 Å². The van der Waals surface area contributed by atoms with E-state index in [1.165, 1.54) is 30.3 Å². The molecule has 0 aromatic heterocycles. The Morgan fingerprint density at radius 1 is 1.04 bits per heavy atom. The number of hydrogen-bond acceptors (Lipinski definition) is 5. The second-order valence-electron chi connectivity index (χ2n) is 4.82. The molecule has 0 fully saturated rings. The zero-order valence-electron chi connectivity index (χ0n) is 13.0. The van der Waals surface area contributed by atoms with Crippen molar-refractivity contribution in [3.63, 3.8) is 0 Å². The van der Waals surface area contributed by atoms with Crippen molar-refractivity contribution in [3.8, 4) is 5.75 Å². The van der Waals surface area contributed by atoms with E-state index in [4.69, 9.17) is 4.74 Å². The third-order valence-corrected chi connectivity index (χ3v) is 2.97. The number of benzene rings is 2. The Hall–Kier alpha value is -3.68. The lowest BCUT2D eigenvalue weighted by Gasteiger charge is -2.07. The molecule has 128 valence electrons. The van der Waals surface area contributed by atoms with Crippen LogP contribution in [0.5, 0.6) is 5.75 Å². The maximum absolute atomic E-state index is 11.6. The minimum absolute atomic E-state index is 0.0748. The van der Waals surface area contributed by atoms with E-state index in [-0.39, 0.29) is 12.3 Å². The summed E-state index contributed by atoms with van der Waals surface area (Å²) in [6, 6.07) is 14.5. The average Bonchev–Trinajstić information content (AvgIpc) is 2.64. The smallest absolute Gasteiger partial charge is 0.276 e. The van der Waals surface area contributed by atoms with Crippen LogP contribution in [0, 0.1) is 10.1 Å². The highest BCUT2D eigenvalue weighted by Crippen LogP contribution is 2.16. The molecule has 0 aliphatic heterocycles. The molecule has 0 aliphatic rings. The van der Waals surface area contributed by atoms with Gasteiger partial charge in [0.15, 0.2) is 6.61 Å². The molecular formula is C17H15N3O5. The predicted molar refractivity (Wildman–Crippen MR) is 90.4 cm³/mol. The van der Waals surface area contributed by atoms with Gasteiger partial charge in [-0.15, -0.1) is 0 Å². The van der Waals surface area contributed by atoms with Gasteiger partial charge < -0.3 is 4.74 Å². The molecule has 0 saturated heterocycles. The number of nitrogens with one attached hydrogen (secondary N) is 2. The van der Waals surface area contributed by atoms with Crippen molar-refractivity contribution >= 4 is 23.6 Å². The highest BCUT2D eigenvalue weighted by molar-refractivity contribution is 5.93. The Kier molecular flexibility index (Phi) is 6.24. The summed E-state index contributed by atoms with van der Waals surface area (Å²) in [6.45, 7) is -0.347. The third kappa shape index (κ3) is 6.14. The van der Waals surface area contributed by atoms with E-state index in [2.05, 4.69) is 10.9 Å². The fraction of sp³-hybridized carbons (Fsp3) is 0.0588. The summed E-state index contributed by atoms with van der Waals surface area (Å²) in [7, 11) is 0. The standard InChI is InChI=1S/C17H15N3O5/c21-16(11-6-13-4-2-1-3-5-13)18-19-17(22)12-25-15-9-7-14(8-10-15)20(23)24/h1-11H,12H2,(H,18,21)(H,19,22). The van der Waals surface area contributed by atoms with Crippen LogP contribution in [0.1, 0.15) is 5.56 Å². The molecule has 0 radical (unpaired) electrons. The predicted octanol–water partition coefficient (Wildman–Crippen LogP) is 1.83. The number of carbonyl (C=O) groups excluding carboxylic acids is 2. The van der Waals surface area contributed by atoms with Gasteiger partial charge in [-0.25, -0.2) is 0 Å². The Morgan fingerprint density at radius 2 is 1.72 bits per heavy atom. The molecule has 0 atom stereocenters. The first-order chi connectivity index (χ1) is 12.0. The number of amides is 2. The van der Waals surface area contributed by atoms with Crippen molar-refractivity contribution < 1.29 is 19.2 Å². The lowest BCUT2D eigenvalue weighted by atomic mass is 10.2. The summed E-state index contributed by atoms with van der Waals surface area (Å²) in [4.78, 5) is 33.2. The normalized spacial score (nSPS) is 10.2. The van der Waals surface area contributed by atoms with Crippen LogP contribution in [0.15, 0.2) is 60.7 Å². The van der Waals surface area contributed by atoms with Crippen molar-refractivity contribution in [1.82, 2.24) is 10.9 Å². The minimum Gasteiger partial charge on any atom is -0.484 e. The molecule has 0 saturated carbocycles. The summed E-state index contributed by atoms with van der Waals surface area (Å²) >= 11 is 0. The molecule has 2 N–H and O–H groups in total. The van der Waals surface area contributed by atoms with Crippen molar-refractivity contribution in [1.29, 1.82) is 0 Å². The Labute approximate surface area is 143 Å². The molecule has 8 heteroatoms. The van der Waals surface area contributed by atoms with Crippen molar-refractivity contribution in [2.75, 3.05) is 6.61 Å². The number of nitrogens with zero attached hydrogens (tertiary/aromatic N) is 1. The SMILES string of the molecule is O=C(C=Cc1ccccc1)NNC(=O)COc1ccc([N+](=O)[O-])cc1. The van der Waals surface area contributed by atoms with Crippen LogP contribution in [0.3, 0.4) is 0 Å². The quantitative estimate of drug-likeness (QED) is 0.473. The lowest BCUT2D eigenvalue weighted by Crippen LogP contribution is -2.43. The van der Waals surface area contributed by atoms with Gasteiger partial charge in [-0.05, 0) is 23.8 Å². The monoisotopic (exact) mass is 341 g/mol. The van der Waals surface area contributed by atoms with Crippen LogP contribution in [-0.4, -0.2) is 23.3 Å². The van der Waals surface area contributed by atoms with Gasteiger partial charge in [0.2, 0.25) is 0 Å². The zero-order valence-corrected chi connectivity index (χ0v) is 13.0. The topological polar surface area (TPSA) is 111 Å². The van der Waals surface area contributed by atoms with Gasteiger partial charge >= 0.3 is 0 Å². The van der Waals surface area contributed by atoms with Gasteiger partial charge in [-0.2, -0.15) is 0 Å². The molecule has 0 spiro atoms. The van der Waals surface area contributed by atoms with E-state index in [1.807, 2.05) is 30.3 Å². The van der Waals surface area contributed by atoms with Gasteiger partial charge in [0.1, 0.15) is 5.75 Å². The first kappa shape index (κ1) is 17.7. The summed E-state index contributed by atoms with van der Waals surface area (Å²) in [5, 5.41) is 10.5. The minimum atomic E-state index is -0.570. The first-order valence-electron chi connectivity index (χ1n) is 7.24. The van der Waals surface area contributed by atoms with Crippen LogP contribution in [0.2, 0.25) is 0 Å². The van der Waals surface area contributed by atoms with Gasteiger partial charge in [0.25, 0.3) is 17.5 Å². The second kappa shape index (κ2) is 8.82. The summed E-state index contributed by atoms with van der Waals surface area (Å²) in [6.07, 6.45) is 2.89. The van der Waals surface area contributed by atoms with E-state index < -0.39 is 16.7 Å². The first-order valence-corrected chi connectivity index (χ1v) is 7.24. The van der Waals surface area contributed by atoms with E-state index in [1.54, 1.807) is 6.08 Å². The molecule has 2 amide bonds. The summed E-state index contributed by atoms with van der Waals surface area (Å²) in [5.74, 6) is -0.761. The van der Waals surface area contributed by atoms with E-state index in [0.717, 1.165) is 5.56 Å². The molecule has 2 rings (SSSR count). The van der Waals surface area contributed by atoms with Crippen molar-refractivity contribution in [2.24, 2.45) is 0 Å². The van der Waals surface area contributed by atoms with Crippen LogP contribution in [0.4, 0.5) is 5.69 Å². The van der Waals surface area contributed by atoms with Crippen LogP contribution in [0.25, 0.3) is 6.08 Å². The number of nitro groups is 1. The largest absolute Gasteiger partial charge is 0.484 e. The number of non-ortho nitro benzene ring substituents is 1. The van der Waals surface area contributed by atoms with Crippen LogP contribution in [-0.2, 0) is 9.59 Å². The molecule has 0 bridgehead atoms. The number of carbonyl (C=O) groups is 2. The lowest BCUT2D eigenvalue weighted by molar-refractivity contribution is -0.384. The molecular weight excluding hydrogens is 326 g/mol. The van der Waals surface area contributed by atoms with Gasteiger partial charge in [-0.3, -0.25) is 30.6 Å². The van der Waals surface area contributed by atoms with E-state index in [0.29, 0.717) is 5.75 Å². The Bertz CT molecular complexity index is 773. The fourth-order valence-electron chi connectivity index (χ4n) is 1.76. The number of nitro benzene ring substituents is 1. The number of hydrazine groups is 1. The molecule has 2 aromatic carbocycles. The summed E-state index contributed by atoms with van der Waals surface area (Å²) < 4.78 is 5.16. The number of ether oxygens (including phenoxy) is 1. The molecule has 0 unspecified atom stereocenters. The second-order valence-corrected chi connectivity index (χ2v) is 4.82. The van der Waals surface area contributed by atoms with Gasteiger partial charge in [0.05, 0.1) is 4.92 Å². The molecule has 8 nitrogen and oxygen atoms in total. The maximum Gasteiger partial charge on any atom is 0.276 e. The zero-order chi connectivity index (χ0) is 18.1. The molecule has 2 aromatic rings. The van der Waals surface area contributed by atoms with Crippen molar-refractivity contribution in [3.05, 3.63) is 76.4 Å². The maximum atomic E-state index is 11.6. The van der Waals surface area contributed by atoms with Gasteiger partial charge in [-0.1, -0.05) is 30.3 Å². The van der Waals surface area contributed by atoms with Crippen molar-refractivity contribution in [2.45, 2.75) is 0 Å². The van der Waals surface area contributed by atoms with Crippen LogP contribution >= 0.6 is 0 Å². The third-order valence-electron chi connectivity index (χ3n) is 2.97. The summed E-state index contributed by atoms with van der Waals surface area (Å²) in [5.41, 5.74) is 5.19. The number of hydrogen-bond donors (Lipinski definition) is 2. The molecule has 0 heterocycles. The number of rotatable bonds is 6. The fourth-order valence-corrected chi connectivity index (χ4v) is 1.76. The average molecular weight is 341 g/mol. The van der Waals surface area contributed by atoms with E-state index >= 15 is 0 Å². The van der Waals surface area contributed by atoms with E-state index in [9.17, 15) is 19.7 Å². The highest BCUT2D eigenvalue weighted by atomic mass is 16.6. The Balaban J connectivity index is 1.72. The Morgan fingerprint density at radius 3 is 2.36 bits per heavy atom. The highest BCUT2D eigenvalue weighted by Gasteiger charge is 2.07.